The molecule has 0 radical (unpaired) electrons. The Labute approximate surface area is 292 Å². The highest BCUT2D eigenvalue weighted by atomic mass is 16.7. The van der Waals surface area contributed by atoms with Crippen molar-refractivity contribution in [1.82, 2.24) is 10.4 Å². The molecule has 0 atom stereocenters. The number of benzene rings is 2. The lowest BCUT2D eigenvalue weighted by atomic mass is 10.0. The summed E-state index contributed by atoms with van der Waals surface area (Å²) in [6.45, 7) is 7.69. The first-order valence-electron chi connectivity index (χ1n) is 16.8. The fourth-order valence-corrected chi connectivity index (χ4v) is 4.94. The summed E-state index contributed by atoms with van der Waals surface area (Å²) in [6, 6.07) is 15.4. The summed E-state index contributed by atoms with van der Waals surface area (Å²) >= 11 is 0. The van der Waals surface area contributed by atoms with Crippen LogP contribution in [0.15, 0.2) is 60.8 Å². The zero-order valence-electron chi connectivity index (χ0n) is 28.3. The molecule has 1 fully saturated rings. The molecule has 2 aliphatic rings. The normalized spacial score (nSPS) is 13.5. The smallest absolute Gasteiger partial charge is 0.335 e. The zero-order valence-corrected chi connectivity index (χ0v) is 28.3. The summed E-state index contributed by atoms with van der Waals surface area (Å²) in [5.74, 6) is 5.29. The fourth-order valence-electron chi connectivity index (χ4n) is 4.94. The van der Waals surface area contributed by atoms with Crippen molar-refractivity contribution in [2.45, 2.75) is 38.6 Å². The van der Waals surface area contributed by atoms with Crippen molar-refractivity contribution >= 4 is 29.4 Å². The molecule has 268 valence electrons. The van der Waals surface area contributed by atoms with Gasteiger partial charge in [0.25, 0.3) is 5.91 Å². The molecule has 13 nitrogen and oxygen atoms in total. The number of amides is 3. The van der Waals surface area contributed by atoms with Gasteiger partial charge in [0.1, 0.15) is 0 Å². The number of hydrogen-bond donors (Lipinski definition) is 1. The quantitative estimate of drug-likeness (QED) is 0.145. The van der Waals surface area contributed by atoms with Gasteiger partial charge in [0, 0.05) is 36.9 Å². The second-order valence-electron chi connectivity index (χ2n) is 11.3. The molecule has 0 unspecified atom stereocenters. The first kappa shape index (κ1) is 38.2. The molecule has 1 saturated heterocycles. The summed E-state index contributed by atoms with van der Waals surface area (Å²) in [5.41, 5.74) is 3.91. The minimum absolute atomic E-state index is 0.0209. The van der Waals surface area contributed by atoms with E-state index in [-0.39, 0.29) is 56.7 Å². The Morgan fingerprint density at radius 3 is 1.90 bits per heavy atom. The lowest BCUT2D eigenvalue weighted by molar-refractivity contribution is -0.187. The number of carbonyl (C=O) groups is 4. The summed E-state index contributed by atoms with van der Waals surface area (Å²) in [6.07, 6.45) is 1.16. The second-order valence-corrected chi connectivity index (χ2v) is 11.3. The Kier molecular flexibility index (Phi) is 16.4. The van der Waals surface area contributed by atoms with E-state index >= 15 is 0 Å². The number of fused-ring (bicyclic) bond motifs is 2. The SMILES string of the molecule is C=C1CCC(=O)N1OC(=O)CCOCCOCCOCCOCCOCCC(=O)NCCC(=O)N1Cc2ccccc2C#Cc2ccccc21. The standard InChI is InChI=1S/C37H45N3O10/c1-29-10-13-36(43)40(29)50-37(44)16-19-46-21-23-48-25-27-49-26-24-47-22-20-45-18-15-34(41)38-17-14-35(42)39-28-32-8-3-2-6-30(32)11-12-31-7-4-5-9-33(31)39/h2-9H,1,10,13-28H2,(H,38,41). The van der Waals surface area contributed by atoms with Crippen LogP contribution in [0.25, 0.3) is 0 Å². The van der Waals surface area contributed by atoms with Gasteiger partial charge in [-0.25, -0.2) is 4.79 Å². The maximum absolute atomic E-state index is 13.2. The molecule has 2 aromatic rings. The molecule has 0 spiro atoms. The number of hydroxylamine groups is 2. The van der Waals surface area contributed by atoms with Gasteiger partial charge in [-0.2, -0.15) is 0 Å². The summed E-state index contributed by atoms with van der Waals surface area (Å²) < 4.78 is 27.2. The van der Waals surface area contributed by atoms with Crippen molar-refractivity contribution in [3.8, 4) is 11.8 Å². The maximum Gasteiger partial charge on any atom is 0.335 e. The first-order valence-corrected chi connectivity index (χ1v) is 16.8. The number of carbonyl (C=O) groups excluding carboxylic acids is 4. The van der Waals surface area contributed by atoms with Gasteiger partial charge in [-0.1, -0.05) is 48.8 Å². The van der Waals surface area contributed by atoms with E-state index in [0.717, 1.165) is 27.4 Å². The van der Waals surface area contributed by atoms with E-state index < -0.39 is 5.97 Å². The lowest BCUT2D eigenvalue weighted by Crippen LogP contribution is -2.35. The Hall–Kier alpha value is -4.58. The van der Waals surface area contributed by atoms with Gasteiger partial charge in [-0.15, -0.1) is 5.06 Å². The average Bonchev–Trinajstić information content (AvgIpc) is 3.42. The van der Waals surface area contributed by atoms with Crippen LogP contribution in [0.4, 0.5) is 5.69 Å². The predicted octanol–water partition coefficient (Wildman–Crippen LogP) is 2.90. The van der Waals surface area contributed by atoms with E-state index in [1.54, 1.807) is 4.90 Å². The number of anilines is 1. The number of ether oxygens (including phenoxy) is 5. The van der Waals surface area contributed by atoms with Gasteiger partial charge < -0.3 is 38.7 Å². The van der Waals surface area contributed by atoms with Gasteiger partial charge in [0.15, 0.2) is 0 Å². The van der Waals surface area contributed by atoms with Gasteiger partial charge in [-0.3, -0.25) is 14.4 Å². The van der Waals surface area contributed by atoms with E-state index in [0.29, 0.717) is 77.9 Å². The fraction of sp³-hybridized carbons (Fsp3) is 0.459. The van der Waals surface area contributed by atoms with E-state index in [1.807, 2.05) is 48.5 Å². The minimum Gasteiger partial charge on any atom is -0.379 e. The monoisotopic (exact) mass is 691 g/mol. The molecule has 4 rings (SSSR count). The largest absolute Gasteiger partial charge is 0.379 e. The summed E-state index contributed by atoms with van der Waals surface area (Å²) in [5, 5.41) is 3.76. The van der Waals surface area contributed by atoms with Gasteiger partial charge in [-0.05, 0) is 30.2 Å². The maximum atomic E-state index is 13.2. The summed E-state index contributed by atoms with van der Waals surface area (Å²) in [4.78, 5) is 55.6. The molecular weight excluding hydrogens is 646 g/mol. The van der Waals surface area contributed by atoms with Crippen LogP contribution in [0.2, 0.25) is 0 Å². The third kappa shape index (κ3) is 13.0. The van der Waals surface area contributed by atoms with E-state index in [2.05, 4.69) is 23.7 Å². The molecule has 2 aliphatic heterocycles. The highest BCUT2D eigenvalue weighted by Gasteiger charge is 2.28. The molecule has 13 heteroatoms. The van der Waals surface area contributed by atoms with Crippen LogP contribution in [0, 0.1) is 11.8 Å². The minimum atomic E-state index is -0.552. The highest BCUT2D eigenvalue weighted by Crippen LogP contribution is 2.26. The Balaban J connectivity index is 0.929. The highest BCUT2D eigenvalue weighted by molar-refractivity contribution is 5.95. The Bertz CT molecular complexity index is 1500. The van der Waals surface area contributed by atoms with E-state index in [1.165, 1.54) is 0 Å². The first-order chi connectivity index (χ1) is 24.4. The Morgan fingerprint density at radius 2 is 1.26 bits per heavy atom. The molecule has 2 heterocycles. The van der Waals surface area contributed by atoms with Gasteiger partial charge in [0.05, 0.1) is 90.4 Å². The summed E-state index contributed by atoms with van der Waals surface area (Å²) in [7, 11) is 0. The molecule has 0 bridgehead atoms. The molecule has 2 aromatic carbocycles. The van der Waals surface area contributed by atoms with Crippen molar-refractivity contribution < 1.29 is 47.7 Å². The van der Waals surface area contributed by atoms with Crippen LogP contribution < -0.4 is 10.2 Å². The number of allylic oxidation sites excluding steroid dienone is 1. The number of hydrogen-bond acceptors (Lipinski definition) is 10. The van der Waals surface area contributed by atoms with Crippen LogP contribution in [0.1, 0.15) is 48.8 Å². The lowest BCUT2D eigenvalue weighted by Gasteiger charge is -2.26. The van der Waals surface area contributed by atoms with Crippen molar-refractivity contribution in [2.75, 3.05) is 77.5 Å². The van der Waals surface area contributed by atoms with Crippen molar-refractivity contribution in [1.29, 1.82) is 0 Å². The van der Waals surface area contributed by atoms with Crippen molar-refractivity contribution in [2.24, 2.45) is 0 Å². The molecule has 0 saturated carbocycles. The third-order valence-corrected chi connectivity index (χ3v) is 7.58. The number of rotatable bonds is 22. The van der Waals surface area contributed by atoms with Gasteiger partial charge in [0.2, 0.25) is 11.8 Å². The van der Waals surface area contributed by atoms with Crippen molar-refractivity contribution in [3.05, 3.63) is 77.5 Å². The van der Waals surface area contributed by atoms with Crippen molar-refractivity contribution in [3.63, 3.8) is 0 Å². The van der Waals surface area contributed by atoms with Gasteiger partial charge >= 0.3 is 5.97 Å². The van der Waals surface area contributed by atoms with E-state index in [9.17, 15) is 19.2 Å². The molecule has 0 aliphatic carbocycles. The predicted molar refractivity (Wildman–Crippen MR) is 182 cm³/mol. The Morgan fingerprint density at radius 1 is 0.700 bits per heavy atom. The molecule has 50 heavy (non-hydrogen) atoms. The second kappa shape index (κ2) is 21.5. The van der Waals surface area contributed by atoms with Crippen LogP contribution in [-0.2, 0) is 54.2 Å². The molecule has 1 N–H and O–H groups in total. The number of nitrogens with one attached hydrogen (secondary N) is 1. The number of para-hydroxylation sites is 1. The number of nitrogens with zero attached hydrogens (tertiary/aromatic N) is 2. The zero-order chi connectivity index (χ0) is 35.4. The van der Waals surface area contributed by atoms with E-state index in [4.69, 9.17) is 28.5 Å². The molecular formula is C37H45N3O10. The molecule has 3 amide bonds. The molecule has 0 aromatic heterocycles. The average molecular weight is 692 g/mol. The van der Waals surface area contributed by atoms with Crippen LogP contribution in [-0.4, -0.2) is 101 Å². The van der Waals surface area contributed by atoms with Crippen LogP contribution >= 0.6 is 0 Å². The third-order valence-electron chi connectivity index (χ3n) is 7.58. The topological polar surface area (TPSA) is 142 Å². The van der Waals surface area contributed by atoms with Crippen LogP contribution in [0.3, 0.4) is 0 Å². The van der Waals surface area contributed by atoms with Crippen LogP contribution in [0.5, 0.6) is 0 Å².